The van der Waals surface area contributed by atoms with Crippen LogP contribution in [0.2, 0.25) is 0 Å². The van der Waals surface area contributed by atoms with Crippen LogP contribution in [0, 0.1) is 0 Å². The first-order valence-corrected chi connectivity index (χ1v) is 5.17. The lowest BCUT2D eigenvalue weighted by atomic mass is 10.0. The number of carbonyl (C=O) groups excluding carboxylic acids is 1. The van der Waals surface area contributed by atoms with E-state index in [2.05, 4.69) is 25.2 Å². The number of nitrogens with two attached hydrogens (primary N) is 1. The maximum atomic E-state index is 10.9. The molecule has 3 N–H and O–H groups in total. The van der Waals surface area contributed by atoms with Gasteiger partial charge >= 0.3 is 0 Å². The fourth-order valence-electron chi connectivity index (χ4n) is 1.44. The molecule has 82 valence electrons. The molecular formula is C12H18N2O. The van der Waals surface area contributed by atoms with E-state index in [4.69, 9.17) is 5.73 Å². The number of primary amides is 1. The Morgan fingerprint density at radius 3 is 2.40 bits per heavy atom. The first-order valence-electron chi connectivity index (χ1n) is 5.17. The van der Waals surface area contributed by atoms with E-state index >= 15 is 0 Å². The molecule has 1 atom stereocenters. The number of nitrogens with one attached hydrogen (secondary N) is 1. The van der Waals surface area contributed by atoms with E-state index in [1.54, 1.807) is 6.92 Å². The molecule has 0 spiro atoms. The number of carbonyl (C=O) groups is 1. The highest BCUT2D eigenvalue weighted by atomic mass is 16.1. The molecule has 0 bridgehead atoms. The van der Waals surface area contributed by atoms with Crippen molar-refractivity contribution < 1.29 is 4.79 Å². The molecule has 0 aliphatic heterocycles. The van der Waals surface area contributed by atoms with Gasteiger partial charge in [-0.15, -0.1) is 0 Å². The third-order valence-corrected chi connectivity index (χ3v) is 2.38. The zero-order valence-corrected chi connectivity index (χ0v) is 9.45. The molecule has 0 saturated carbocycles. The summed E-state index contributed by atoms with van der Waals surface area (Å²) in [5, 5.41) is 3.12. The average molecular weight is 206 g/mol. The predicted octanol–water partition coefficient (Wildman–Crippen LogP) is 2.10. The molecule has 0 aliphatic carbocycles. The van der Waals surface area contributed by atoms with E-state index in [0.717, 1.165) is 5.69 Å². The fraction of sp³-hybridized carbons (Fsp3) is 0.417. The Labute approximate surface area is 90.7 Å². The minimum Gasteiger partial charge on any atom is -0.374 e. The number of benzene rings is 1. The standard InChI is InChI=1S/C12H18N2O/c1-8(2)10-6-4-5-7-11(10)14-9(3)12(13)15/h4-9,14H,1-3H3,(H2,13,15). The molecule has 1 amide bonds. The van der Waals surface area contributed by atoms with E-state index in [1.165, 1.54) is 5.56 Å². The summed E-state index contributed by atoms with van der Waals surface area (Å²) in [7, 11) is 0. The number of hydrogen-bond donors (Lipinski definition) is 2. The normalized spacial score (nSPS) is 12.5. The summed E-state index contributed by atoms with van der Waals surface area (Å²) >= 11 is 0. The molecule has 1 aromatic rings. The quantitative estimate of drug-likeness (QED) is 0.792. The van der Waals surface area contributed by atoms with Crippen molar-refractivity contribution in [2.75, 3.05) is 5.32 Å². The Bertz CT molecular complexity index is 347. The Kier molecular flexibility index (Phi) is 3.72. The number of rotatable bonds is 4. The number of anilines is 1. The maximum Gasteiger partial charge on any atom is 0.239 e. The lowest BCUT2D eigenvalue weighted by Gasteiger charge is -2.17. The Balaban J connectivity index is 2.89. The molecule has 0 aromatic heterocycles. The highest BCUT2D eigenvalue weighted by molar-refractivity contribution is 5.82. The minimum absolute atomic E-state index is 0.339. The van der Waals surface area contributed by atoms with Gasteiger partial charge in [0.25, 0.3) is 0 Å². The van der Waals surface area contributed by atoms with Crippen LogP contribution in [0.25, 0.3) is 0 Å². The predicted molar refractivity (Wildman–Crippen MR) is 62.8 cm³/mol. The second kappa shape index (κ2) is 4.82. The highest BCUT2D eigenvalue weighted by Crippen LogP contribution is 2.23. The molecule has 0 heterocycles. The Morgan fingerprint density at radius 2 is 1.87 bits per heavy atom. The second-order valence-corrected chi connectivity index (χ2v) is 4.01. The molecule has 1 rings (SSSR count). The van der Waals surface area contributed by atoms with Gasteiger partial charge in [0.15, 0.2) is 0 Å². The molecule has 0 fully saturated rings. The van der Waals surface area contributed by atoms with Crippen LogP contribution in [-0.2, 0) is 4.79 Å². The van der Waals surface area contributed by atoms with Gasteiger partial charge in [-0.05, 0) is 24.5 Å². The van der Waals surface area contributed by atoms with Crippen molar-refractivity contribution in [3.05, 3.63) is 29.8 Å². The summed E-state index contributed by atoms with van der Waals surface area (Å²) < 4.78 is 0. The van der Waals surface area contributed by atoms with Crippen molar-refractivity contribution in [2.24, 2.45) is 5.73 Å². The van der Waals surface area contributed by atoms with Crippen molar-refractivity contribution in [2.45, 2.75) is 32.7 Å². The van der Waals surface area contributed by atoms with Gasteiger partial charge in [-0.25, -0.2) is 0 Å². The largest absolute Gasteiger partial charge is 0.374 e. The second-order valence-electron chi connectivity index (χ2n) is 4.01. The lowest BCUT2D eigenvalue weighted by Crippen LogP contribution is -2.32. The molecule has 0 saturated heterocycles. The summed E-state index contributed by atoms with van der Waals surface area (Å²) in [6, 6.07) is 7.62. The zero-order valence-electron chi connectivity index (χ0n) is 9.45. The molecular weight excluding hydrogens is 188 g/mol. The highest BCUT2D eigenvalue weighted by Gasteiger charge is 2.11. The van der Waals surface area contributed by atoms with Crippen LogP contribution < -0.4 is 11.1 Å². The summed E-state index contributed by atoms with van der Waals surface area (Å²) in [5.74, 6) is 0.0855. The zero-order chi connectivity index (χ0) is 11.4. The van der Waals surface area contributed by atoms with Crippen molar-refractivity contribution in [3.8, 4) is 0 Å². The molecule has 0 radical (unpaired) electrons. The number of hydrogen-bond acceptors (Lipinski definition) is 2. The average Bonchev–Trinajstić information content (AvgIpc) is 2.18. The Hall–Kier alpha value is -1.51. The molecule has 3 heteroatoms. The van der Waals surface area contributed by atoms with Crippen molar-refractivity contribution in [1.29, 1.82) is 0 Å². The van der Waals surface area contributed by atoms with E-state index in [9.17, 15) is 4.79 Å². The monoisotopic (exact) mass is 206 g/mol. The summed E-state index contributed by atoms with van der Waals surface area (Å²) in [6.45, 7) is 6.00. The summed E-state index contributed by atoms with van der Waals surface area (Å²) in [4.78, 5) is 10.9. The number of amides is 1. The molecule has 15 heavy (non-hydrogen) atoms. The van der Waals surface area contributed by atoms with Crippen LogP contribution in [0.15, 0.2) is 24.3 Å². The summed E-state index contributed by atoms with van der Waals surface area (Å²) in [5.41, 5.74) is 7.39. The molecule has 0 aliphatic rings. The smallest absolute Gasteiger partial charge is 0.239 e. The van der Waals surface area contributed by atoms with Gasteiger partial charge in [0.1, 0.15) is 6.04 Å². The van der Waals surface area contributed by atoms with Crippen LogP contribution in [0.1, 0.15) is 32.3 Å². The van der Waals surface area contributed by atoms with Gasteiger partial charge in [-0.3, -0.25) is 4.79 Å². The van der Waals surface area contributed by atoms with E-state index in [0.29, 0.717) is 5.92 Å². The van der Waals surface area contributed by atoms with Gasteiger partial charge in [0, 0.05) is 5.69 Å². The summed E-state index contributed by atoms with van der Waals surface area (Å²) in [6.07, 6.45) is 0. The fourth-order valence-corrected chi connectivity index (χ4v) is 1.44. The van der Waals surface area contributed by atoms with E-state index in [-0.39, 0.29) is 11.9 Å². The SMILES string of the molecule is CC(Nc1ccccc1C(C)C)C(N)=O. The topological polar surface area (TPSA) is 55.1 Å². The molecule has 1 unspecified atom stereocenters. The molecule has 1 aromatic carbocycles. The van der Waals surface area contributed by atoms with Crippen LogP contribution in [0.3, 0.4) is 0 Å². The van der Waals surface area contributed by atoms with Crippen molar-refractivity contribution in [1.82, 2.24) is 0 Å². The van der Waals surface area contributed by atoms with Crippen LogP contribution in [0.4, 0.5) is 5.69 Å². The first kappa shape index (κ1) is 11.6. The van der Waals surface area contributed by atoms with Crippen LogP contribution in [0.5, 0.6) is 0 Å². The number of para-hydroxylation sites is 1. The van der Waals surface area contributed by atoms with E-state index in [1.807, 2.05) is 18.2 Å². The maximum absolute atomic E-state index is 10.9. The molecule has 3 nitrogen and oxygen atoms in total. The third kappa shape index (κ3) is 2.98. The van der Waals surface area contributed by atoms with Gasteiger partial charge < -0.3 is 11.1 Å². The lowest BCUT2D eigenvalue weighted by molar-refractivity contribution is -0.118. The van der Waals surface area contributed by atoms with Gasteiger partial charge in [-0.2, -0.15) is 0 Å². The first-order chi connectivity index (χ1) is 7.02. The minimum atomic E-state index is -0.343. The van der Waals surface area contributed by atoms with Gasteiger partial charge in [-0.1, -0.05) is 32.0 Å². The van der Waals surface area contributed by atoms with Gasteiger partial charge in [0.2, 0.25) is 5.91 Å². The van der Waals surface area contributed by atoms with Crippen molar-refractivity contribution in [3.63, 3.8) is 0 Å². The van der Waals surface area contributed by atoms with Crippen LogP contribution in [-0.4, -0.2) is 11.9 Å². The van der Waals surface area contributed by atoms with Gasteiger partial charge in [0.05, 0.1) is 0 Å². The van der Waals surface area contributed by atoms with Crippen molar-refractivity contribution >= 4 is 11.6 Å². The van der Waals surface area contributed by atoms with E-state index < -0.39 is 0 Å². The third-order valence-electron chi connectivity index (χ3n) is 2.38. The Morgan fingerprint density at radius 1 is 1.27 bits per heavy atom. The van der Waals surface area contributed by atoms with Crippen LogP contribution >= 0.6 is 0 Å².